The van der Waals surface area contributed by atoms with Crippen molar-refractivity contribution in [2.75, 3.05) is 24.6 Å². The lowest BCUT2D eigenvalue weighted by molar-refractivity contribution is -0.0851. The number of amides is 1. The van der Waals surface area contributed by atoms with Crippen molar-refractivity contribution in [3.05, 3.63) is 58.1 Å². The first-order chi connectivity index (χ1) is 20.9. The molecule has 0 aromatic heterocycles. The van der Waals surface area contributed by atoms with Gasteiger partial charge in [-0.05, 0) is 117 Å². The summed E-state index contributed by atoms with van der Waals surface area (Å²) in [5.74, 6) is 4.49. The van der Waals surface area contributed by atoms with E-state index in [-0.39, 0.29) is 34.8 Å². The third kappa shape index (κ3) is 5.72. The predicted octanol–water partition coefficient (Wildman–Crippen LogP) is 6.05. The van der Waals surface area contributed by atoms with Gasteiger partial charge in [-0.15, -0.1) is 0 Å². The molecule has 2 heterocycles. The molecule has 4 aliphatic rings. The Labute approximate surface area is 267 Å². The molecule has 2 bridgehead atoms. The fourth-order valence-electron chi connectivity index (χ4n) is 8.22. The van der Waals surface area contributed by atoms with Crippen molar-refractivity contribution in [2.24, 2.45) is 17.8 Å². The van der Waals surface area contributed by atoms with Crippen LogP contribution in [0.15, 0.2) is 36.4 Å². The van der Waals surface area contributed by atoms with Crippen LogP contribution in [-0.2, 0) is 21.5 Å². The van der Waals surface area contributed by atoms with Crippen LogP contribution < -0.4 is 14.4 Å². The van der Waals surface area contributed by atoms with E-state index in [0.29, 0.717) is 43.9 Å². The summed E-state index contributed by atoms with van der Waals surface area (Å²) < 4.78 is 23.1. The van der Waals surface area contributed by atoms with Gasteiger partial charge in [0.05, 0.1) is 40.1 Å². The topological polar surface area (TPSA) is 103 Å². The number of carbonyl (C=O) groups is 1. The average Bonchev–Trinajstić information content (AvgIpc) is 3.11. The van der Waals surface area contributed by atoms with Crippen molar-refractivity contribution in [3.8, 4) is 11.8 Å². The molecule has 0 radical (unpaired) electrons. The maximum Gasteiger partial charge on any atom is 0.262 e. The Hall–Kier alpha value is -2.73. The minimum Gasteiger partial charge on any atom is -0.490 e. The van der Waals surface area contributed by atoms with E-state index >= 15 is 0 Å². The van der Waals surface area contributed by atoms with Gasteiger partial charge in [-0.25, -0.2) is 4.21 Å². The molecule has 9 heteroatoms. The number of rotatable bonds is 1. The van der Waals surface area contributed by atoms with Crippen LogP contribution in [0, 0.1) is 29.1 Å². The lowest BCUT2D eigenvalue weighted by Crippen LogP contribution is -2.53. The molecule has 2 aliphatic carbocycles. The number of anilines is 1. The number of hydrogen-bond acceptors (Lipinski definition) is 6. The Kier molecular flexibility index (Phi) is 8.45. The van der Waals surface area contributed by atoms with Crippen LogP contribution in [0.1, 0.15) is 86.7 Å². The minimum absolute atomic E-state index is 0.00681. The van der Waals surface area contributed by atoms with E-state index in [9.17, 15) is 19.4 Å². The largest absolute Gasteiger partial charge is 0.490 e. The summed E-state index contributed by atoms with van der Waals surface area (Å²) in [5.41, 5.74) is 2.42. The van der Waals surface area contributed by atoms with Crippen molar-refractivity contribution < 1.29 is 18.8 Å². The number of benzene rings is 2. The molecular weight excluding hydrogens is 594 g/mol. The van der Waals surface area contributed by atoms with Crippen LogP contribution in [0.2, 0.25) is 5.02 Å². The summed E-state index contributed by atoms with van der Waals surface area (Å²) in [4.78, 5) is 15.9. The number of nitrogens with one attached hydrogen (secondary N) is 1. The zero-order valence-corrected chi connectivity index (χ0v) is 27.4. The highest BCUT2D eigenvalue weighted by Crippen LogP contribution is 2.49. The van der Waals surface area contributed by atoms with Gasteiger partial charge in [-0.1, -0.05) is 31.0 Å². The van der Waals surface area contributed by atoms with Crippen molar-refractivity contribution in [3.63, 3.8) is 0 Å². The Bertz CT molecular complexity index is 1590. The van der Waals surface area contributed by atoms with Gasteiger partial charge in [0.2, 0.25) is 0 Å². The number of fused-ring (bicyclic) bond motifs is 4. The lowest BCUT2D eigenvalue weighted by Gasteiger charge is -2.49. The van der Waals surface area contributed by atoms with Crippen LogP contribution in [0.5, 0.6) is 5.75 Å². The Balaban J connectivity index is 1.44. The average molecular weight is 638 g/mol. The summed E-state index contributed by atoms with van der Waals surface area (Å²) in [6.07, 6.45) is 6.87. The zero-order chi connectivity index (χ0) is 31.3. The highest BCUT2D eigenvalue weighted by molar-refractivity contribution is 7.99. The van der Waals surface area contributed by atoms with E-state index in [2.05, 4.69) is 33.7 Å². The smallest absolute Gasteiger partial charge is 0.262 e. The van der Waals surface area contributed by atoms with Gasteiger partial charge in [0.1, 0.15) is 5.75 Å². The molecule has 0 saturated heterocycles. The van der Waals surface area contributed by atoms with E-state index in [4.69, 9.17) is 16.3 Å². The number of nitrogens with zero attached hydrogens (tertiary/aromatic N) is 2. The molecule has 7 atom stereocenters. The second-order valence-corrected chi connectivity index (χ2v) is 16.7. The predicted molar refractivity (Wildman–Crippen MR) is 177 cm³/mol. The Morgan fingerprint density at radius 3 is 2.75 bits per heavy atom. The van der Waals surface area contributed by atoms with Gasteiger partial charge in [0.15, 0.2) is 0 Å². The third-order valence-electron chi connectivity index (χ3n) is 11.2. The standard InChI is InChI=1S/C35H44ClN3O4S/c1-23-6-4-15-35(41,16-17-37)30-11-8-27(30)20-39-21-34(14-5-7-25-18-28(36)10-12-29(25)34)22-43-32-13-9-26(19-31(32)39)33(40)38-44(3,42)24(23)2/h9-10,12-13,18-19,23-24,27,30,41H,3-8,11,14-16,20-22H2,1-2H3,(H,38,40,42)/t23-,24+,27-,30+,34-,35+,44?/m0/s1. The number of aliphatic hydroxyl groups is 1. The van der Waals surface area contributed by atoms with Gasteiger partial charge in [-0.3, -0.25) is 9.52 Å². The van der Waals surface area contributed by atoms with E-state index < -0.39 is 21.2 Å². The van der Waals surface area contributed by atoms with Crippen LogP contribution in [0.4, 0.5) is 5.69 Å². The van der Waals surface area contributed by atoms with E-state index in [1.165, 1.54) is 11.1 Å². The van der Waals surface area contributed by atoms with Gasteiger partial charge in [0.25, 0.3) is 5.91 Å². The molecule has 1 amide bonds. The molecule has 1 fully saturated rings. The van der Waals surface area contributed by atoms with E-state index in [1.807, 2.05) is 32.0 Å². The number of hydrogen-bond donors (Lipinski definition) is 2. The minimum atomic E-state index is -2.95. The number of ether oxygens (including phenoxy) is 1. The maximum atomic E-state index is 13.7. The zero-order valence-electron chi connectivity index (χ0n) is 25.8. The quantitative estimate of drug-likeness (QED) is 0.369. The summed E-state index contributed by atoms with van der Waals surface area (Å²) in [5, 5.41) is 22.1. The van der Waals surface area contributed by atoms with Crippen molar-refractivity contribution in [1.82, 2.24) is 4.72 Å². The lowest BCUT2D eigenvalue weighted by atomic mass is 9.62. The highest BCUT2D eigenvalue weighted by atomic mass is 35.5. The SMILES string of the molecule is C=S1(=O)NC(=O)c2ccc3c(c2)N(C[C@@H]2CC[C@H]2[C@](O)(CC#N)CCC[C@H](C)[C@H]1C)C[C@@]1(CCCc2cc(Cl)ccc21)CO3. The molecule has 1 unspecified atom stereocenters. The van der Waals surface area contributed by atoms with Crippen LogP contribution in [0.3, 0.4) is 0 Å². The molecule has 7 nitrogen and oxygen atoms in total. The number of halogens is 1. The summed E-state index contributed by atoms with van der Waals surface area (Å²) in [7, 11) is -2.95. The van der Waals surface area contributed by atoms with Crippen LogP contribution in [0.25, 0.3) is 0 Å². The molecule has 2 aliphatic heterocycles. The summed E-state index contributed by atoms with van der Waals surface area (Å²) >= 11 is 6.42. The molecule has 236 valence electrons. The molecule has 2 aromatic carbocycles. The maximum absolute atomic E-state index is 13.7. The van der Waals surface area contributed by atoms with Crippen molar-refractivity contribution >= 4 is 38.8 Å². The van der Waals surface area contributed by atoms with Gasteiger partial charge in [-0.2, -0.15) is 5.26 Å². The monoisotopic (exact) mass is 637 g/mol. The van der Waals surface area contributed by atoms with Crippen molar-refractivity contribution in [1.29, 1.82) is 5.26 Å². The summed E-state index contributed by atoms with van der Waals surface area (Å²) in [6.45, 7) is 5.77. The second-order valence-electron chi connectivity index (χ2n) is 13.9. The number of aryl methyl sites for hydroxylation is 1. The molecule has 1 saturated carbocycles. The van der Waals surface area contributed by atoms with E-state index in [1.54, 1.807) is 6.07 Å². The second kappa shape index (κ2) is 11.9. The van der Waals surface area contributed by atoms with Crippen molar-refractivity contribution in [2.45, 2.75) is 87.9 Å². The highest BCUT2D eigenvalue weighted by Gasteiger charge is 2.48. The molecule has 6 rings (SSSR count). The first-order valence-electron chi connectivity index (χ1n) is 16.0. The fourth-order valence-corrected chi connectivity index (χ4v) is 9.92. The fraction of sp³-hybridized carbons (Fsp3) is 0.571. The third-order valence-corrected chi connectivity index (χ3v) is 13.6. The van der Waals surface area contributed by atoms with Gasteiger partial charge in [0, 0.05) is 34.3 Å². The first-order valence-corrected chi connectivity index (χ1v) is 18.2. The molecular formula is C35H44ClN3O4S. The molecule has 2 aromatic rings. The van der Waals surface area contributed by atoms with Gasteiger partial charge < -0.3 is 14.7 Å². The molecule has 44 heavy (non-hydrogen) atoms. The normalized spacial score (nSPS) is 35.6. The van der Waals surface area contributed by atoms with Crippen LogP contribution in [-0.4, -0.2) is 51.6 Å². The first kappa shape index (κ1) is 31.3. The van der Waals surface area contributed by atoms with Gasteiger partial charge >= 0.3 is 0 Å². The van der Waals surface area contributed by atoms with E-state index in [0.717, 1.165) is 49.2 Å². The molecule has 2 N–H and O–H groups in total. The molecule has 1 spiro atoms. The number of carbonyl (C=O) groups excluding carboxylic acids is 1. The van der Waals surface area contributed by atoms with Crippen LogP contribution >= 0.6 is 11.6 Å². The Morgan fingerprint density at radius 2 is 2.00 bits per heavy atom. The summed E-state index contributed by atoms with van der Waals surface area (Å²) in [6, 6.07) is 13.9. The number of nitriles is 1. The Morgan fingerprint density at radius 1 is 1.18 bits per heavy atom.